The third-order valence-corrected chi connectivity index (χ3v) is 11.3. The zero-order chi connectivity index (χ0) is 37.0. The van der Waals surface area contributed by atoms with Gasteiger partial charge in [0.25, 0.3) is 0 Å². The fourth-order valence-corrected chi connectivity index (χ4v) is 8.82. The molecule has 52 heavy (non-hydrogen) atoms. The van der Waals surface area contributed by atoms with Crippen LogP contribution >= 0.6 is 0 Å². The Morgan fingerprint density at radius 2 is 1.79 bits per heavy atom. The monoisotopic (exact) mass is 724 g/mol. The summed E-state index contributed by atoms with van der Waals surface area (Å²) in [6.45, 7) is 4.71. The van der Waals surface area contributed by atoms with Crippen molar-refractivity contribution >= 4 is 29.8 Å². The average Bonchev–Trinajstić information content (AvgIpc) is 3.86. The van der Waals surface area contributed by atoms with E-state index in [1.807, 2.05) is 24.3 Å². The van der Waals surface area contributed by atoms with E-state index < -0.39 is 53.7 Å². The van der Waals surface area contributed by atoms with Crippen LogP contribution in [0.25, 0.3) is 6.08 Å². The number of likely N-dealkylation sites (N-methyl/N-ethyl adjacent to an activating group) is 1. The van der Waals surface area contributed by atoms with Gasteiger partial charge in [-0.3, -0.25) is 24.0 Å². The summed E-state index contributed by atoms with van der Waals surface area (Å²) in [5.74, 6) is -2.23. The number of nitrogens with one attached hydrogen (secondary N) is 1. The van der Waals surface area contributed by atoms with Gasteiger partial charge in [0.05, 0.1) is 13.2 Å². The Labute approximate surface area is 306 Å². The normalized spacial score (nSPS) is 30.4. The molecule has 5 aliphatic rings. The van der Waals surface area contributed by atoms with Gasteiger partial charge in [0.15, 0.2) is 11.8 Å². The van der Waals surface area contributed by atoms with Gasteiger partial charge < -0.3 is 34.4 Å². The molecule has 1 saturated carbocycles. The third-order valence-electron chi connectivity index (χ3n) is 11.3. The van der Waals surface area contributed by atoms with Crippen molar-refractivity contribution in [2.24, 2.45) is 5.41 Å². The lowest BCUT2D eigenvalue weighted by atomic mass is 9.62. The lowest BCUT2D eigenvalue weighted by Gasteiger charge is -2.50. The van der Waals surface area contributed by atoms with Gasteiger partial charge in [-0.25, -0.2) is 0 Å². The largest absolute Gasteiger partial charge is 0.458 e. The number of nitrogens with zero attached hydrogens (tertiary/aromatic N) is 3. The van der Waals surface area contributed by atoms with Crippen LogP contribution in [-0.4, -0.2) is 120 Å². The Hall–Kier alpha value is -3.36. The minimum Gasteiger partial charge on any atom is -0.458 e. The molecule has 4 heterocycles. The molecule has 1 aliphatic carbocycles. The molecule has 4 saturated heterocycles. The van der Waals surface area contributed by atoms with E-state index in [0.29, 0.717) is 32.2 Å². The molecular formula is C39H56N4O9. The molecule has 4 aliphatic heterocycles. The molecule has 1 aromatic rings. The second-order valence-electron chi connectivity index (χ2n) is 15.2. The standard InChI is InChI=1S/C39H56N4O9/c1-5-7-9-18-38(19-10-8-6-2)50-31-29-24-39(37(48)42-21-12-15-28(42)35(46)40-20-22-44)33(36(47)49-29)43(52-34(39)32(31)51-38)25-27-14-11-13-26(23-27)16-17-30(45)41(3)4/h11,13-14,16-17,23,28-29,31-34,44H,5-10,12,15,18-22,24-25H2,1-4H3,(H,40,46)/t28-,29?,31+,32+,33+,34-,39?/m1/s1. The van der Waals surface area contributed by atoms with Crippen molar-refractivity contribution in [1.82, 2.24) is 20.2 Å². The Balaban J connectivity index is 1.36. The fraction of sp³-hybridized carbons (Fsp3) is 0.692. The number of hydrogen-bond acceptors (Lipinski definition) is 10. The number of unbranched alkanes of at least 4 members (excludes halogenated alkanes) is 4. The summed E-state index contributed by atoms with van der Waals surface area (Å²) in [6, 6.07) is 5.78. The average molecular weight is 725 g/mol. The Bertz CT molecular complexity index is 1490. The second kappa shape index (κ2) is 16.3. The third kappa shape index (κ3) is 7.39. The minimum absolute atomic E-state index is 0.0870. The minimum atomic E-state index is -1.39. The molecule has 0 radical (unpaired) electrons. The van der Waals surface area contributed by atoms with Gasteiger partial charge in [0, 0.05) is 52.5 Å². The van der Waals surface area contributed by atoms with Gasteiger partial charge in [-0.05, 0) is 42.9 Å². The van der Waals surface area contributed by atoms with Gasteiger partial charge >= 0.3 is 5.97 Å². The molecule has 2 bridgehead atoms. The highest BCUT2D eigenvalue weighted by molar-refractivity contribution is 5.96. The molecule has 6 rings (SSSR count). The first-order chi connectivity index (χ1) is 25.1. The molecule has 7 atom stereocenters. The van der Waals surface area contributed by atoms with Crippen molar-refractivity contribution in [2.45, 2.75) is 133 Å². The highest BCUT2D eigenvalue weighted by Crippen LogP contribution is 2.59. The van der Waals surface area contributed by atoms with Crippen molar-refractivity contribution in [3.8, 4) is 0 Å². The van der Waals surface area contributed by atoms with Crippen molar-refractivity contribution in [3.63, 3.8) is 0 Å². The van der Waals surface area contributed by atoms with Gasteiger partial charge in [-0.1, -0.05) is 63.8 Å². The first kappa shape index (κ1) is 38.4. The number of amides is 3. The number of carbonyl (C=O) groups excluding carboxylic acids is 4. The summed E-state index contributed by atoms with van der Waals surface area (Å²) in [5, 5.41) is 13.7. The van der Waals surface area contributed by atoms with Crippen molar-refractivity contribution < 1.29 is 43.3 Å². The van der Waals surface area contributed by atoms with Crippen LogP contribution in [0.2, 0.25) is 0 Å². The van der Waals surface area contributed by atoms with Crippen LogP contribution in [0.4, 0.5) is 0 Å². The van der Waals surface area contributed by atoms with Crippen LogP contribution < -0.4 is 5.32 Å². The van der Waals surface area contributed by atoms with E-state index in [1.165, 1.54) is 11.0 Å². The van der Waals surface area contributed by atoms with Crippen LogP contribution in [0.1, 0.15) is 95.6 Å². The summed E-state index contributed by atoms with van der Waals surface area (Å²) in [7, 11) is 3.38. The predicted octanol–water partition coefficient (Wildman–Crippen LogP) is 3.33. The Kier molecular flexibility index (Phi) is 12.1. The number of rotatable bonds is 16. The number of hydroxylamine groups is 2. The summed E-state index contributed by atoms with van der Waals surface area (Å²) in [6.07, 6.45) is 9.03. The molecule has 3 amide bonds. The molecule has 286 valence electrons. The molecule has 2 unspecified atom stereocenters. The topological polar surface area (TPSA) is 147 Å². The van der Waals surface area contributed by atoms with E-state index in [-0.39, 0.29) is 43.8 Å². The summed E-state index contributed by atoms with van der Waals surface area (Å²) < 4.78 is 20.1. The number of ether oxygens (including phenoxy) is 3. The first-order valence-corrected chi connectivity index (χ1v) is 19.2. The van der Waals surface area contributed by atoms with Crippen molar-refractivity contribution in [2.75, 3.05) is 33.8 Å². The zero-order valence-electron chi connectivity index (χ0n) is 31.1. The lowest BCUT2D eigenvalue weighted by Crippen LogP contribution is -2.70. The van der Waals surface area contributed by atoms with E-state index in [0.717, 1.165) is 49.7 Å². The fourth-order valence-electron chi connectivity index (χ4n) is 8.82. The molecule has 5 fully saturated rings. The number of fused-ring (bicyclic) bond motifs is 4. The van der Waals surface area contributed by atoms with Gasteiger partial charge in [0.2, 0.25) is 17.7 Å². The molecular weight excluding hydrogens is 668 g/mol. The molecule has 1 aromatic carbocycles. The highest BCUT2D eigenvalue weighted by atomic mass is 16.8. The van der Waals surface area contributed by atoms with E-state index in [2.05, 4.69) is 19.2 Å². The zero-order valence-corrected chi connectivity index (χ0v) is 31.1. The predicted molar refractivity (Wildman–Crippen MR) is 191 cm³/mol. The van der Waals surface area contributed by atoms with Crippen LogP contribution in [0.3, 0.4) is 0 Å². The van der Waals surface area contributed by atoms with Gasteiger partial charge in [-0.2, -0.15) is 5.06 Å². The molecule has 13 nitrogen and oxygen atoms in total. The molecule has 13 heteroatoms. The number of carbonyl (C=O) groups is 4. The van der Waals surface area contributed by atoms with Crippen LogP contribution in [0, 0.1) is 5.41 Å². The smallest absolute Gasteiger partial charge is 0.327 e. The maximum Gasteiger partial charge on any atom is 0.327 e. The maximum atomic E-state index is 15.2. The Morgan fingerprint density at radius 1 is 1.06 bits per heavy atom. The van der Waals surface area contributed by atoms with Gasteiger partial charge in [0.1, 0.15) is 35.9 Å². The summed E-state index contributed by atoms with van der Waals surface area (Å²) in [4.78, 5) is 64.9. The number of hydrogen-bond donors (Lipinski definition) is 2. The van der Waals surface area contributed by atoms with Crippen LogP contribution in [0.5, 0.6) is 0 Å². The molecule has 2 N–H and O–H groups in total. The number of benzene rings is 1. The van der Waals surface area contributed by atoms with Crippen LogP contribution in [-0.2, 0) is 44.8 Å². The number of esters is 1. The van der Waals surface area contributed by atoms with Gasteiger partial charge in [-0.15, -0.1) is 0 Å². The number of likely N-dealkylation sites (tertiary alicyclic amines) is 1. The van der Waals surface area contributed by atoms with E-state index >= 15 is 4.79 Å². The SMILES string of the molecule is CCCCCC1(CCCCC)O[C@@H]2[C@H]3ON(Cc4cccc(C=CC(=O)N(C)C)c4)[C@H]4C(=O)OC(CC34C(=O)N3CCC[C@@H]3C(=O)NCCO)[C@@H]2O1. The summed E-state index contributed by atoms with van der Waals surface area (Å²) in [5.41, 5.74) is 0.224. The first-order valence-electron chi connectivity index (χ1n) is 19.2. The quantitative estimate of drug-likeness (QED) is 0.148. The van der Waals surface area contributed by atoms with E-state index in [4.69, 9.17) is 19.0 Å². The maximum absolute atomic E-state index is 15.2. The Morgan fingerprint density at radius 3 is 2.48 bits per heavy atom. The van der Waals surface area contributed by atoms with Crippen LogP contribution in [0.15, 0.2) is 30.3 Å². The highest BCUT2D eigenvalue weighted by Gasteiger charge is 2.77. The lowest BCUT2D eigenvalue weighted by molar-refractivity contribution is -0.225. The van der Waals surface area contributed by atoms with Crippen molar-refractivity contribution in [3.05, 3.63) is 41.5 Å². The second-order valence-corrected chi connectivity index (χ2v) is 15.2. The number of aliphatic hydroxyl groups excluding tert-OH is 1. The molecule has 0 aromatic heterocycles. The summed E-state index contributed by atoms with van der Waals surface area (Å²) >= 11 is 0. The van der Waals surface area contributed by atoms with E-state index in [9.17, 15) is 19.5 Å². The number of aliphatic hydroxyl groups is 1. The van der Waals surface area contributed by atoms with Crippen molar-refractivity contribution in [1.29, 1.82) is 0 Å². The molecule has 0 spiro atoms. The van der Waals surface area contributed by atoms with E-state index in [1.54, 1.807) is 30.1 Å².